The zero-order valence-electron chi connectivity index (χ0n) is 6.07. The van der Waals surface area contributed by atoms with Crippen LogP contribution in [0.3, 0.4) is 0 Å². The van der Waals surface area contributed by atoms with Gasteiger partial charge in [0.1, 0.15) is 0 Å². The minimum absolute atomic E-state index is 0.00843. The van der Waals surface area contributed by atoms with Crippen molar-refractivity contribution in [2.75, 3.05) is 7.11 Å². The molecule has 0 radical (unpaired) electrons. The van der Waals surface area contributed by atoms with Crippen LogP contribution < -0.4 is 0 Å². The van der Waals surface area contributed by atoms with Crippen molar-refractivity contribution in [2.24, 2.45) is 0 Å². The Morgan fingerprint density at radius 3 is 2.60 bits per heavy atom. The third-order valence-corrected chi connectivity index (χ3v) is 1.25. The lowest BCUT2D eigenvalue weighted by atomic mass is 10.2. The highest BCUT2D eigenvalue weighted by atomic mass is 32.1. The van der Waals surface area contributed by atoms with E-state index in [9.17, 15) is 4.79 Å². The predicted octanol–water partition coefficient (Wildman–Crippen LogP) is 0.229. The van der Waals surface area contributed by atoms with Gasteiger partial charge in [-0.05, 0) is 6.42 Å². The van der Waals surface area contributed by atoms with Crippen molar-refractivity contribution in [3.63, 3.8) is 0 Å². The molecule has 60 valence electrons. The number of ether oxygens (including phenoxy) is 1. The second kappa shape index (κ2) is 4.57. The molecule has 0 saturated carbocycles. The van der Waals surface area contributed by atoms with E-state index >= 15 is 0 Å². The standard InChI is InChI=1S/C6H12O3S/c1-4(10)3-5(7)6(8)9-2/h4-5,7,10H,3H2,1-2H3. The molecule has 0 spiro atoms. The fourth-order valence-electron chi connectivity index (χ4n) is 0.555. The first kappa shape index (κ1) is 9.78. The van der Waals surface area contributed by atoms with Crippen molar-refractivity contribution >= 4 is 18.6 Å². The number of hydrogen-bond acceptors (Lipinski definition) is 4. The van der Waals surface area contributed by atoms with Crippen LogP contribution in [0.15, 0.2) is 0 Å². The molecular formula is C6H12O3S. The van der Waals surface area contributed by atoms with Gasteiger partial charge in [0.2, 0.25) is 0 Å². The Morgan fingerprint density at radius 1 is 1.80 bits per heavy atom. The van der Waals surface area contributed by atoms with E-state index in [0.29, 0.717) is 6.42 Å². The molecule has 1 N–H and O–H groups in total. The van der Waals surface area contributed by atoms with E-state index in [1.807, 2.05) is 0 Å². The van der Waals surface area contributed by atoms with Gasteiger partial charge < -0.3 is 9.84 Å². The molecule has 0 aliphatic carbocycles. The van der Waals surface area contributed by atoms with Crippen molar-refractivity contribution in [3.05, 3.63) is 0 Å². The zero-order valence-corrected chi connectivity index (χ0v) is 6.97. The van der Waals surface area contributed by atoms with E-state index in [0.717, 1.165) is 0 Å². The van der Waals surface area contributed by atoms with Crippen LogP contribution in [-0.2, 0) is 9.53 Å². The van der Waals surface area contributed by atoms with E-state index in [1.54, 1.807) is 6.92 Å². The summed E-state index contributed by atoms with van der Waals surface area (Å²) in [5.41, 5.74) is 0. The van der Waals surface area contributed by atoms with Crippen LogP contribution in [0.5, 0.6) is 0 Å². The van der Waals surface area contributed by atoms with Crippen LogP contribution in [-0.4, -0.2) is 29.5 Å². The lowest BCUT2D eigenvalue weighted by Gasteiger charge is -2.08. The zero-order chi connectivity index (χ0) is 8.15. The molecule has 0 saturated heterocycles. The molecule has 0 bridgehead atoms. The second-order valence-corrected chi connectivity index (χ2v) is 3.01. The van der Waals surface area contributed by atoms with Crippen molar-refractivity contribution in [2.45, 2.75) is 24.7 Å². The highest BCUT2D eigenvalue weighted by Crippen LogP contribution is 2.04. The van der Waals surface area contributed by atoms with Crippen LogP contribution >= 0.6 is 12.6 Å². The first-order valence-corrected chi connectivity index (χ1v) is 3.53. The van der Waals surface area contributed by atoms with Crippen molar-refractivity contribution in [1.82, 2.24) is 0 Å². The molecule has 0 aromatic rings. The largest absolute Gasteiger partial charge is 0.467 e. The molecule has 0 fully saturated rings. The number of thiol groups is 1. The fraction of sp³-hybridized carbons (Fsp3) is 0.833. The summed E-state index contributed by atoms with van der Waals surface area (Å²) in [6, 6.07) is 0. The van der Waals surface area contributed by atoms with E-state index in [1.165, 1.54) is 7.11 Å². The summed E-state index contributed by atoms with van der Waals surface area (Å²) in [4.78, 5) is 10.5. The number of carbonyl (C=O) groups excluding carboxylic acids is 1. The average molecular weight is 164 g/mol. The molecule has 0 rings (SSSR count). The number of carbonyl (C=O) groups is 1. The van der Waals surface area contributed by atoms with E-state index < -0.39 is 12.1 Å². The number of aliphatic hydroxyl groups is 1. The van der Waals surface area contributed by atoms with Crippen LogP contribution in [0.4, 0.5) is 0 Å². The van der Waals surface area contributed by atoms with Gasteiger partial charge in [-0.3, -0.25) is 0 Å². The average Bonchev–Trinajstić information content (AvgIpc) is 1.85. The van der Waals surface area contributed by atoms with Crippen molar-refractivity contribution in [1.29, 1.82) is 0 Å². The summed E-state index contributed by atoms with van der Waals surface area (Å²) in [5.74, 6) is -0.596. The highest BCUT2D eigenvalue weighted by Gasteiger charge is 2.16. The normalized spacial score (nSPS) is 16.0. The Morgan fingerprint density at radius 2 is 2.30 bits per heavy atom. The SMILES string of the molecule is COC(=O)C(O)CC(C)S. The minimum Gasteiger partial charge on any atom is -0.467 e. The number of methoxy groups -OCH3 is 1. The molecule has 3 nitrogen and oxygen atoms in total. The Balaban J connectivity index is 3.61. The van der Waals surface area contributed by atoms with Gasteiger partial charge in [0.25, 0.3) is 0 Å². The second-order valence-electron chi connectivity index (χ2n) is 2.12. The summed E-state index contributed by atoms with van der Waals surface area (Å²) < 4.78 is 4.29. The molecule has 2 unspecified atom stereocenters. The molecule has 0 amide bonds. The Kier molecular flexibility index (Phi) is 4.47. The molecule has 4 heteroatoms. The maximum atomic E-state index is 10.5. The molecule has 10 heavy (non-hydrogen) atoms. The Labute approximate surface area is 65.8 Å². The van der Waals surface area contributed by atoms with Crippen molar-refractivity contribution in [3.8, 4) is 0 Å². The van der Waals surface area contributed by atoms with Gasteiger partial charge in [-0.1, -0.05) is 6.92 Å². The van der Waals surface area contributed by atoms with Crippen LogP contribution in [0.25, 0.3) is 0 Å². The molecule has 0 heterocycles. The molecule has 0 aromatic heterocycles. The Hall–Kier alpha value is -0.220. The highest BCUT2D eigenvalue weighted by molar-refractivity contribution is 7.80. The van der Waals surface area contributed by atoms with Gasteiger partial charge in [0.05, 0.1) is 7.11 Å². The van der Waals surface area contributed by atoms with E-state index in [-0.39, 0.29) is 5.25 Å². The lowest BCUT2D eigenvalue weighted by molar-refractivity contribution is -0.150. The monoisotopic (exact) mass is 164 g/mol. The fourth-order valence-corrected chi connectivity index (χ4v) is 0.755. The van der Waals surface area contributed by atoms with Gasteiger partial charge in [-0.25, -0.2) is 4.79 Å². The summed E-state index contributed by atoms with van der Waals surface area (Å²) in [6.45, 7) is 1.80. The molecule has 0 aromatic carbocycles. The van der Waals surface area contributed by atoms with E-state index in [4.69, 9.17) is 5.11 Å². The summed E-state index contributed by atoms with van der Waals surface area (Å²) in [5, 5.41) is 8.97. The lowest BCUT2D eigenvalue weighted by Crippen LogP contribution is -2.24. The minimum atomic E-state index is -1.03. The number of rotatable bonds is 3. The summed E-state index contributed by atoms with van der Waals surface area (Å²) in [7, 11) is 1.24. The molecule has 0 aliphatic heterocycles. The Bertz CT molecular complexity index is 114. The smallest absolute Gasteiger partial charge is 0.334 e. The van der Waals surface area contributed by atoms with Gasteiger partial charge in [0.15, 0.2) is 6.10 Å². The van der Waals surface area contributed by atoms with Gasteiger partial charge in [-0.15, -0.1) is 0 Å². The number of aliphatic hydroxyl groups excluding tert-OH is 1. The summed E-state index contributed by atoms with van der Waals surface area (Å²) >= 11 is 4.00. The quantitative estimate of drug-likeness (QED) is 0.463. The third kappa shape index (κ3) is 3.74. The third-order valence-electron chi connectivity index (χ3n) is 1.04. The van der Waals surface area contributed by atoms with E-state index in [2.05, 4.69) is 17.4 Å². The first-order valence-electron chi connectivity index (χ1n) is 3.02. The van der Waals surface area contributed by atoms with Crippen LogP contribution in [0, 0.1) is 0 Å². The topological polar surface area (TPSA) is 46.5 Å². The van der Waals surface area contributed by atoms with Crippen LogP contribution in [0.2, 0.25) is 0 Å². The molecular weight excluding hydrogens is 152 g/mol. The maximum Gasteiger partial charge on any atom is 0.334 e. The molecule has 2 atom stereocenters. The summed E-state index contributed by atoms with van der Waals surface area (Å²) in [6.07, 6.45) is -0.701. The van der Waals surface area contributed by atoms with Crippen molar-refractivity contribution < 1.29 is 14.6 Å². The molecule has 0 aliphatic rings. The first-order chi connectivity index (χ1) is 4.57. The van der Waals surface area contributed by atoms with Gasteiger partial charge >= 0.3 is 5.97 Å². The van der Waals surface area contributed by atoms with Crippen LogP contribution in [0.1, 0.15) is 13.3 Å². The van der Waals surface area contributed by atoms with Gasteiger partial charge in [0, 0.05) is 5.25 Å². The predicted molar refractivity (Wildman–Crippen MR) is 41.1 cm³/mol. The number of esters is 1. The maximum absolute atomic E-state index is 10.5. The number of hydrogen-bond donors (Lipinski definition) is 2. The van der Waals surface area contributed by atoms with Gasteiger partial charge in [-0.2, -0.15) is 12.6 Å².